The highest BCUT2D eigenvalue weighted by atomic mass is 14.9. The molecule has 0 aliphatic heterocycles. The lowest BCUT2D eigenvalue weighted by molar-refractivity contribution is 0.786. The lowest BCUT2D eigenvalue weighted by Crippen LogP contribution is -2.20. The van der Waals surface area contributed by atoms with E-state index in [4.69, 9.17) is 5.73 Å². The van der Waals surface area contributed by atoms with Crippen molar-refractivity contribution in [2.45, 2.75) is 25.8 Å². The van der Waals surface area contributed by atoms with Crippen LogP contribution < -0.4 is 11.1 Å². The van der Waals surface area contributed by atoms with Gasteiger partial charge in [-0.3, -0.25) is 0 Å². The molecule has 19 heavy (non-hydrogen) atoms. The summed E-state index contributed by atoms with van der Waals surface area (Å²) < 4.78 is 0. The normalized spacial score (nSPS) is 12.4. The van der Waals surface area contributed by atoms with E-state index in [1.54, 1.807) is 0 Å². The van der Waals surface area contributed by atoms with Crippen LogP contribution in [0.4, 0.5) is 5.69 Å². The Morgan fingerprint density at radius 3 is 2.00 bits per heavy atom. The van der Waals surface area contributed by atoms with Crippen LogP contribution in [-0.4, -0.2) is 6.54 Å². The van der Waals surface area contributed by atoms with E-state index in [1.807, 2.05) is 18.2 Å². The van der Waals surface area contributed by atoms with Gasteiger partial charge in [0.2, 0.25) is 0 Å². The Morgan fingerprint density at radius 2 is 1.47 bits per heavy atom. The van der Waals surface area contributed by atoms with E-state index >= 15 is 0 Å². The molecule has 0 saturated heterocycles. The summed E-state index contributed by atoms with van der Waals surface area (Å²) in [7, 11) is 0. The molecule has 0 fully saturated rings. The average Bonchev–Trinajstić information content (AvgIpc) is 2.46. The summed E-state index contributed by atoms with van der Waals surface area (Å²) in [4.78, 5) is 0. The first-order chi connectivity index (χ1) is 9.20. The fourth-order valence-corrected chi connectivity index (χ4v) is 2.13. The molecule has 2 rings (SSSR count). The predicted molar refractivity (Wildman–Crippen MR) is 82.4 cm³/mol. The van der Waals surface area contributed by atoms with Gasteiger partial charge in [-0.25, -0.2) is 0 Å². The number of nitrogens with two attached hydrogens (primary N) is 1. The van der Waals surface area contributed by atoms with Crippen molar-refractivity contribution in [3.8, 4) is 0 Å². The van der Waals surface area contributed by atoms with Crippen LogP contribution in [0.1, 0.15) is 36.9 Å². The zero-order chi connectivity index (χ0) is 13.7. The van der Waals surface area contributed by atoms with E-state index in [-0.39, 0.29) is 6.04 Å². The number of para-hydroxylation sites is 1. The molecular weight excluding hydrogens is 232 g/mol. The molecule has 0 amide bonds. The van der Waals surface area contributed by atoms with Crippen molar-refractivity contribution in [3.05, 3.63) is 65.7 Å². The molecule has 0 spiro atoms. The van der Waals surface area contributed by atoms with Crippen LogP contribution in [0.2, 0.25) is 0 Å². The highest BCUT2D eigenvalue weighted by molar-refractivity contribution is 5.45. The van der Waals surface area contributed by atoms with Gasteiger partial charge in [-0.05, 0) is 29.2 Å². The summed E-state index contributed by atoms with van der Waals surface area (Å²) in [5, 5.41) is 3.47. The van der Waals surface area contributed by atoms with E-state index in [0.29, 0.717) is 12.5 Å². The molecule has 0 aromatic heterocycles. The first-order valence-electron chi connectivity index (χ1n) is 6.82. The third-order valence-electron chi connectivity index (χ3n) is 3.36. The molecule has 2 aromatic rings. The molecule has 0 heterocycles. The summed E-state index contributed by atoms with van der Waals surface area (Å²) in [6, 6.07) is 19.1. The standard InChI is InChI=1S/C17H22N2/c1-13(2)14-8-10-15(11-9-14)17(12-18)19-16-6-4-3-5-7-16/h3-11,13,17,19H,12,18H2,1-2H3. The Balaban J connectivity index is 2.13. The van der Waals surface area contributed by atoms with Crippen molar-refractivity contribution >= 4 is 5.69 Å². The van der Waals surface area contributed by atoms with Crippen LogP contribution in [0, 0.1) is 0 Å². The molecular formula is C17H22N2. The Labute approximate surface area is 115 Å². The van der Waals surface area contributed by atoms with E-state index < -0.39 is 0 Å². The fraction of sp³-hybridized carbons (Fsp3) is 0.294. The number of hydrogen-bond acceptors (Lipinski definition) is 2. The maximum atomic E-state index is 5.89. The summed E-state index contributed by atoms with van der Waals surface area (Å²) in [6.07, 6.45) is 0. The molecule has 3 N–H and O–H groups in total. The molecule has 2 nitrogen and oxygen atoms in total. The van der Waals surface area contributed by atoms with Crippen LogP contribution in [0.15, 0.2) is 54.6 Å². The molecule has 0 bridgehead atoms. The molecule has 2 aromatic carbocycles. The zero-order valence-electron chi connectivity index (χ0n) is 11.6. The van der Waals surface area contributed by atoms with Crippen molar-refractivity contribution in [2.75, 3.05) is 11.9 Å². The summed E-state index contributed by atoms with van der Waals surface area (Å²) in [5.41, 5.74) is 9.58. The van der Waals surface area contributed by atoms with Crippen molar-refractivity contribution in [1.29, 1.82) is 0 Å². The van der Waals surface area contributed by atoms with Crippen molar-refractivity contribution in [1.82, 2.24) is 0 Å². The van der Waals surface area contributed by atoms with Crippen LogP contribution >= 0.6 is 0 Å². The number of hydrogen-bond donors (Lipinski definition) is 2. The Morgan fingerprint density at radius 1 is 0.895 bits per heavy atom. The SMILES string of the molecule is CC(C)c1ccc(C(CN)Nc2ccccc2)cc1. The first kappa shape index (κ1) is 13.6. The third-order valence-corrected chi connectivity index (χ3v) is 3.36. The van der Waals surface area contributed by atoms with Crippen LogP contribution in [0.25, 0.3) is 0 Å². The molecule has 1 atom stereocenters. The Hall–Kier alpha value is -1.80. The number of rotatable bonds is 5. The highest BCUT2D eigenvalue weighted by Crippen LogP contribution is 2.21. The summed E-state index contributed by atoms with van der Waals surface area (Å²) in [6.45, 7) is 4.99. The summed E-state index contributed by atoms with van der Waals surface area (Å²) in [5.74, 6) is 0.562. The number of nitrogens with one attached hydrogen (secondary N) is 1. The Kier molecular flexibility index (Phi) is 4.58. The second-order valence-corrected chi connectivity index (χ2v) is 5.12. The van der Waals surface area contributed by atoms with Gasteiger partial charge in [0.15, 0.2) is 0 Å². The minimum absolute atomic E-state index is 0.156. The second-order valence-electron chi connectivity index (χ2n) is 5.12. The number of anilines is 1. The zero-order valence-corrected chi connectivity index (χ0v) is 11.6. The van der Waals surface area contributed by atoms with Gasteiger partial charge in [-0.2, -0.15) is 0 Å². The van der Waals surface area contributed by atoms with Gasteiger partial charge in [0, 0.05) is 12.2 Å². The monoisotopic (exact) mass is 254 g/mol. The minimum Gasteiger partial charge on any atom is -0.377 e. The van der Waals surface area contributed by atoms with E-state index in [1.165, 1.54) is 11.1 Å². The molecule has 2 heteroatoms. The largest absolute Gasteiger partial charge is 0.377 e. The van der Waals surface area contributed by atoms with E-state index in [9.17, 15) is 0 Å². The highest BCUT2D eigenvalue weighted by Gasteiger charge is 2.09. The summed E-state index contributed by atoms with van der Waals surface area (Å²) >= 11 is 0. The van der Waals surface area contributed by atoms with Gasteiger partial charge in [0.1, 0.15) is 0 Å². The number of benzene rings is 2. The lowest BCUT2D eigenvalue weighted by Gasteiger charge is -2.19. The first-order valence-corrected chi connectivity index (χ1v) is 6.82. The van der Waals surface area contributed by atoms with Crippen LogP contribution in [0.5, 0.6) is 0 Å². The maximum absolute atomic E-state index is 5.89. The average molecular weight is 254 g/mol. The van der Waals surface area contributed by atoms with Crippen molar-refractivity contribution < 1.29 is 0 Å². The van der Waals surface area contributed by atoms with Gasteiger partial charge in [-0.15, -0.1) is 0 Å². The van der Waals surface area contributed by atoms with Gasteiger partial charge in [0.05, 0.1) is 6.04 Å². The fourth-order valence-electron chi connectivity index (χ4n) is 2.13. The van der Waals surface area contributed by atoms with Gasteiger partial charge in [-0.1, -0.05) is 56.3 Å². The topological polar surface area (TPSA) is 38.0 Å². The van der Waals surface area contributed by atoms with E-state index in [0.717, 1.165) is 5.69 Å². The van der Waals surface area contributed by atoms with Gasteiger partial charge >= 0.3 is 0 Å². The molecule has 0 aliphatic rings. The smallest absolute Gasteiger partial charge is 0.0636 e. The Bertz CT molecular complexity index is 488. The van der Waals surface area contributed by atoms with Crippen molar-refractivity contribution in [3.63, 3.8) is 0 Å². The predicted octanol–water partition coefficient (Wildman–Crippen LogP) is 3.92. The molecule has 1 unspecified atom stereocenters. The lowest BCUT2D eigenvalue weighted by atomic mass is 9.99. The van der Waals surface area contributed by atoms with Crippen LogP contribution in [-0.2, 0) is 0 Å². The molecule has 100 valence electrons. The van der Waals surface area contributed by atoms with Crippen LogP contribution in [0.3, 0.4) is 0 Å². The van der Waals surface area contributed by atoms with E-state index in [2.05, 4.69) is 55.6 Å². The van der Waals surface area contributed by atoms with Gasteiger partial charge in [0.25, 0.3) is 0 Å². The van der Waals surface area contributed by atoms with Crippen molar-refractivity contribution in [2.24, 2.45) is 5.73 Å². The quantitative estimate of drug-likeness (QED) is 0.848. The molecule has 0 radical (unpaired) electrons. The van der Waals surface area contributed by atoms with Gasteiger partial charge < -0.3 is 11.1 Å². The minimum atomic E-state index is 0.156. The maximum Gasteiger partial charge on any atom is 0.0636 e. The molecule has 0 saturated carbocycles. The molecule has 0 aliphatic carbocycles. The third kappa shape index (κ3) is 3.58. The second kappa shape index (κ2) is 6.39.